The van der Waals surface area contributed by atoms with Crippen LogP contribution in [-0.4, -0.2) is 12.6 Å². The van der Waals surface area contributed by atoms with Gasteiger partial charge in [-0.2, -0.15) is 0 Å². The van der Waals surface area contributed by atoms with E-state index in [1.807, 2.05) is 0 Å². The maximum absolute atomic E-state index is 3.41. The molecule has 0 aromatic rings. The molecule has 0 spiro atoms. The summed E-state index contributed by atoms with van der Waals surface area (Å²) in [5.41, 5.74) is 0. The highest BCUT2D eigenvalue weighted by Gasteiger charge is 2.09. The summed E-state index contributed by atoms with van der Waals surface area (Å²) in [6.45, 7) is 3.49. The SMILES string of the molecule is CCC1CCCN1.Cl. The zero-order chi connectivity index (χ0) is 5.11. The topological polar surface area (TPSA) is 12.0 Å². The van der Waals surface area contributed by atoms with Gasteiger partial charge < -0.3 is 5.32 Å². The minimum atomic E-state index is 0. The molecule has 0 aliphatic carbocycles. The van der Waals surface area contributed by atoms with Gasteiger partial charge in [0.2, 0.25) is 0 Å². The lowest BCUT2D eigenvalue weighted by atomic mass is 10.2. The Morgan fingerprint density at radius 1 is 1.62 bits per heavy atom. The van der Waals surface area contributed by atoms with Crippen molar-refractivity contribution < 1.29 is 0 Å². The molecule has 0 bridgehead atoms. The smallest absolute Gasteiger partial charge is 0.00649 e. The molecule has 1 aliphatic rings. The second-order valence-corrected chi connectivity index (χ2v) is 2.20. The molecule has 0 saturated carbocycles. The van der Waals surface area contributed by atoms with Crippen molar-refractivity contribution in [3.63, 3.8) is 0 Å². The van der Waals surface area contributed by atoms with Crippen LogP contribution < -0.4 is 5.32 Å². The fraction of sp³-hybridized carbons (Fsp3) is 1.00. The fourth-order valence-corrected chi connectivity index (χ4v) is 1.11. The van der Waals surface area contributed by atoms with Crippen molar-refractivity contribution in [1.82, 2.24) is 5.32 Å². The molecule has 1 fully saturated rings. The van der Waals surface area contributed by atoms with Crippen LogP contribution in [0, 0.1) is 0 Å². The second-order valence-electron chi connectivity index (χ2n) is 2.20. The van der Waals surface area contributed by atoms with Gasteiger partial charge in [0.1, 0.15) is 0 Å². The Kier molecular flexibility index (Phi) is 4.29. The maximum atomic E-state index is 3.41. The van der Waals surface area contributed by atoms with Crippen LogP contribution in [0.3, 0.4) is 0 Å². The fourth-order valence-electron chi connectivity index (χ4n) is 1.11. The van der Waals surface area contributed by atoms with E-state index in [0.717, 1.165) is 6.04 Å². The molecule has 1 N–H and O–H groups in total. The number of rotatable bonds is 1. The van der Waals surface area contributed by atoms with Gasteiger partial charge in [0.05, 0.1) is 0 Å². The summed E-state index contributed by atoms with van der Waals surface area (Å²) in [6.07, 6.45) is 4.09. The van der Waals surface area contributed by atoms with Crippen LogP contribution in [0.2, 0.25) is 0 Å². The predicted molar refractivity (Wildman–Crippen MR) is 38.6 cm³/mol. The third-order valence-corrected chi connectivity index (χ3v) is 1.66. The highest BCUT2D eigenvalue weighted by molar-refractivity contribution is 5.85. The van der Waals surface area contributed by atoms with Crippen LogP contribution in [0.5, 0.6) is 0 Å². The lowest BCUT2D eigenvalue weighted by molar-refractivity contribution is 0.587. The van der Waals surface area contributed by atoms with E-state index in [9.17, 15) is 0 Å². The van der Waals surface area contributed by atoms with Gasteiger partial charge in [-0.25, -0.2) is 0 Å². The zero-order valence-electron chi connectivity index (χ0n) is 5.31. The molecule has 1 saturated heterocycles. The average molecular weight is 136 g/mol. The van der Waals surface area contributed by atoms with Crippen LogP contribution in [-0.2, 0) is 0 Å². The Bertz CT molecular complexity index is 50.5. The molecule has 0 aromatic heterocycles. The van der Waals surface area contributed by atoms with Gasteiger partial charge >= 0.3 is 0 Å². The Morgan fingerprint density at radius 2 is 2.38 bits per heavy atom. The Labute approximate surface area is 57.3 Å². The predicted octanol–water partition coefficient (Wildman–Crippen LogP) is 1.57. The van der Waals surface area contributed by atoms with Crippen molar-refractivity contribution in [2.24, 2.45) is 0 Å². The van der Waals surface area contributed by atoms with Gasteiger partial charge in [-0.05, 0) is 25.8 Å². The first kappa shape index (κ1) is 8.25. The van der Waals surface area contributed by atoms with Gasteiger partial charge in [-0.15, -0.1) is 12.4 Å². The minimum absolute atomic E-state index is 0. The van der Waals surface area contributed by atoms with E-state index < -0.39 is 0 Å². The first-order valence-corrected chi connectivity index (χ1v) is 3.17. The summed E-state index contributed by atoms with van der Waals surface area (Å²) in [5.74, 6) is 0. The second kappa shape index (κ2) is 4.16. The van der Waals surface area contributed by atoms with Gasteiger partial charge in [0.15, 0.2) is 0 Å². The van der Waals surface area contributed by atoms with Crippen molar-refractivity contribution in [2.75, 3.05) is 6.54 Å². The van der Waals surface area contributed by atoms with Gasteiger partial charge in [-0.1, -0.05) is 6.92 Å². The Morgan fingerprint density at radius 3 is 2.62 bits per heavy atom. The molecule has 8 heavy (non-hydrogen) atoms. The molecule has 1 rings (SSSR count). The average Bonchev–Trinajstić information content (AvgIpc) is 2.14. The summed E-state index contributed by atoms with van der Waals surface area (Å²) in [4.78, 5) is 0. The highest BCUT2D eigenvalue weighted by atomic mass is 35.5. The number of halogens is 1. The highest BCUT2D eigenvalue weighted by Crippen LogP contribution is 2.06. The summed E-state index contributed by atoms with van der Waals surface area (Å²) in [7, 11) is 0. The normalized spacial score (nSPS) is 27.4. The van der Waals surface area contributed by atoms with Gasteiger partial charge in [-0.3, -0.25) is 0 Å². The standard InChI is InChI=1S/C6H13N.ClH/c1-2-6-4-3-5-7-6;/h6-7H,2-5H2,1H3;1H. The van der Waals surface area contributed by atoms with Crippen LogP contribution in [0.15, 0.2) is 0 Å². The summed E-state index contributed by atoms with van der Waals surface area (Å²) < 4.78 is 0. The summed E-state index contributed by atoms with van der Waals surface area (Å²) >= 11 is 0. The van der Waals surface area contributed by atoms with E-state index in [2.05, 4.69) is 12.2 Å². The van der Waals surface area contributed by atoms with Crippen molar-refractivity contribution in [1.29, 1.82) is 0 Å². The largest absolute Gasteiger partial charge is 0.314 e. The van der Waals surface area contributed by atoms with E-state index in [-0.39, 0.29) is 12.4 Å². The van der Waals surface area contributed by atoms with Crippen molar-refractivity contribution >= 4 is 12.4 Å². The van der Waals surface area contributed by atoms with Crippen molar-refractivity contribution in [2.45, 2.75) is 32.2 Å². The zero-order valence-corrected chi connectivity index (χ0v) is 6.13. The van der Waals surface area contributed by atoms with E-state index >= 15 is 0 Å². The molecule has 1 unspecified atom stereocenters. The number of nitrogens with one attached hydrogen (secondary N) is 1. The van der Waals surface area contributed by atoms with Crippen LogP contribution >= 0.6 is 12.4 Å². The lowest BCUT2D eigenvalue weighted by Crippen LogP contribution is -2.19. The molecule has 0 radical (unpaired) electrons. The quantitative estimate of drug-likeness (QED) is 0.576. The third kappa shape index (κ3) is 2.01. The van der Waals surface area contributed by atoms with Gasteiger partial charge in [0.25, 0.3) is 0 Å². The molecular weight excluding hydrogens is 122 g/mol. The molecule has 50 valence electrons. The number of hydrogen-bond acceptors (Lipinski definition) is 1. The van der Waals surface area contributed by atoms with Crippen LogP contribution in [0.4, 0.5) is 0 Å². The number of hydrogen-bond donors (Lipinski definition) is 1. The molecule has 1 aliphatic heterocycles. The summed E-state index contributed by atoms with van der Waals surface area (Å²) in [5, 5.41) is 3.41. The molecular formula is C6H14ClN. The van der Waals surface area contributed by atoms with E-state index in [4.69, 9.17) is 0 Å². The molecule has 1 atom stereocenters. The first-order chi connectivity index (χ1) is 3.43. The molecule has 0 amide bonds. The van der Waals surface area contributed by atoms with Crippen molar-refractivity contribution in [3.05, 3.63) is 0 Å². The maximum Gasteiger partial charge on any atom is 0.00649 e. The monoisotopic (exact) mass is 135 g/mol. The van der Waals surface area contributed by atoms with Gasteiger partial charge in [0, 0.05) is 6.04 Å². The third-order valence-electron chi connectivity index (χ3n) is 1.66. The first-order valence-electron chi connectivity index (χ1n) is 3.17. The lowest BCUT2D eigenvalue weighted by Gasteiger charge is -2.02. The van der Waals surface area contributed by atoms with E-state index in [1.165, 1.54) is 25.8 Å². The Hall–Kier alpha value is 0.250. The van der Waals surface area contributed by atoms with Crippen LogP contribution in [0.1, 0.15) is 26.2 Å². The molecule has 2 heteroatoms. The molecule has 1 nitrogen and oxygen atoms in total. The molecule has 0 aromatic carbocycles. The molecule has 1 heterocycles. The Balaban J connectivity index is 0.000000490. The minimum Gasteiger partial charge on any atom is -0.314 e. The van der Waals surface area contributed by atoms with Crippen LogP contribution in [0.25, 0.3) is 0 Å². The van der Waals surface area contributed by atoms with E-state index in [0.29, 0.717) is 0 Å². The van der Waals surface area contributed by atoms with Crippen molar-refractivity contribution in [3.8, 4) is 0 Å². The summed E-state index contributed by atoms with van der Waals surface area (Å²) in [6, 6.07) is 0.847. The van der Waals surface area contributed by atoms with E-state index in [1.54, 1.807) is 0 Å².